The standard InChI is InChI=1S/C32H40F2O3/c1-3-5-6-7-8-9-23-36-29-22-19-26(30(33)31(29)34)16-11-25-14-20-28(21-15-25)37-32(35)27-17-12-24(10-4-2)13-18-27/h14-15,19-22,24,27H,3-10,12-13,17-18,23H2,1-2H3. The lowest BCUT2D eigenvalue weighted by molar-refractivity contribution is -0.140. The van der Waals surface area contributed by atoms with E-state index in [0.29, 0.717) is 17.9 Å². The van der Waals surface area contributed by atoms with E-state index in [-0.39, 0.29) is 23.2 Å². The predicted molar refractivity (Wildman–Crippen MR) is 144 cm³/mol. The monoisotopic (exact) mass is 510 g/mol. The molecule has 1 aliphatic carbocycles. The van der Waals surface area contributed by atoms with Gasteiger partial charge < -0.3 is 9.47 Å². The van der Waals surface area contributed by atoms with Gasteiger partial charge in [0.25, 0.3) is 0 Å². The normalized spacial score (nSPS) is 17.1. The highest BCUT2D eigenvalue weighted by atomic mass is 19.2. The van der Waals surface area contributed by atoms with Crippen LogP contribution in [0.4, 0.5) is 8.78 Å². The maximum absolute atomic E-state index is 14.5. The van der Waals surface area contributed by atoms with Crippen LogP contribution in [0, 0.1) is 35.3 Å². The minimum absolute atomic E-state index is 0.0291. The fourth-order valence-electron chi connectivity index (χ4n) is 4.84. The molecule has 0 aliphatic heterocycles. The van der Waals surface area contributed by atoms with Crippen molar-refractivity contribution in [2.24, 2.45) is 11.8 Å². The second kappa shape index (κ2) is 15.4. The number of esters is 1. The smallest absolute Gasteiger partial charge is 0.314 e. The average Bonchev–Trinajstić information content (AvgIpc) is 2.91. The summed E-state index contributed by atoms with van der Waals surface area (Å²) in [5, 5.41) is 0. The fourth-order valence-corrected chi connectivity index (χ4v) is 4.84. The fraction of sp³-hybridized carbons (Fsp3) is 0.531. The van der Waals surface area contributed by atoms with Crippen LogP contribution >= 0.6 is 0 Å². The van der Waals surface area contributed by atoms with Gasteiger partial charge in [-0.1, -0.05) is 70.6 Å². The molecule has 1 aliphatic rings. The van der Waals surface area contributed by atoms with E-state index in [1.165, 1.54) is 44.2 Å². The summed E-state index contributed by atoms with van der Waals surface area (Å²) in [6.45, 7) is 4.74. The van der Waals surface area contributed by atoms with Crippen molar-refractivity contribution < 1.29 is 23.0 Å². The van der Waals surface area contributed by atoms with E-state index in [1.807, 2.05) is 0 Å². The summed E-state index contributed by atoms with van der Waals surface area (Å²) in [6, 6.07) is 9.65. The Morgan fingerprint density at radius 1 is 0.838 bits per heavy atom. The Morgan fingerprint density at radius 2 is 1.54 bits per heavy atom. The van der Waals surface area contributed by atoms with Gasteiger partial charge in [-0.05, 0) is 74.4 Å². The topological polar surface area (TPSA) is 35.5 Å². The highest BCUT2D eigenvalue weighted by Gasteiger charge is 2.27. The van der Waals surface area contributed by atoms with Crippen molar-refractivity contribution in [3.05, 3.63) is 59.2 Å². The molecule has 2 aromatic rings. The molecular weight excluding hydrogens is 470 g/mol. The molecule has 3 nitrogen and oxygen atoms in total. The summed E-state index contributed by atoms with van der Waals surface area (Å²) in [5.41, 5.74) is 0.585. The van der Waals surface area contributed by atoms with Crippen LogP contribution in [0.3, 0.4) is 0 Å². The van der Waals surface area contributed by atoms with Crippen molar-refractivity contribution in [1.82, 2.24) is 0 Å². The Balaban J connectivity index is 1.49. The van der Waals surface area contributed by atoms with Crippen LogP contribution in [-0.2, 0) is 4.79 Å². The van der Waals surface area contributed by atoms with Crippen LogP contribution in [0.2, 0.25) is 0 Å². The molecule has 1 saturated carbocycles. The Morgan fingerprint density at radius 3 is 2.24 bits per heavy atom. The zero-order valence-corrected chi connectivity index (χ0v) is 22.3. The molecule has 0 atom stereocenters. The van der Waals surface area contributed by atoms with Gasteiger partial charge in [0.1, 0.15) is 5.75 Å². The third-order valence-electron chi connectivity index (χ3n) is 7.09. The van der Waals surface area contributed by atoms with E-state index < -0.39 is 11.6 Å². The van der Waals surface area contributed by atoms with E-state index in [4.69, 9.17) is 9.47 Å². The SMILES string of the molecule is CCCCCCCCOc1ccc(C#Cc2ccc(OC(=O)C3CCC(CCC)CC3)cc2)c(F)c1F. The molecule has 0 saturated heterocycles. The molecule has 1 fully saturated rings. The zero-order chi connectivity index (χ0) is 26.5. The van der Waals surface area contributed by atoms with Crippen molar-refractivity contribution in [3.8, 4) is 23.3 Å². The number of rotatable bonds is 12. The number of hydrogen-bond donors (Lipinski definition) is 0. The van der Waals surface area contributed by atoms with Gasteiger partial charge in [-0.2, -0.15) is 4.39 Å². The lowest BCUT2D eigenvalue weighted by Gasteiger charge is -2.26. The number of benzene rings is 2. The molecule has 5 heteroatoms. The van der Waals surface area contributed by atoms with E-state index in [9.17, 15) is 13.6 Å². The molecule has 0 radical (unpaired) electrons. The minimum Gasteiger partial charge on any atom is -0.490 e. The first-order valence-electron chi connectivity index (χ1n) is 14.0. The van der Waals surface area contributed by atoms with Crippen molar-refractivity contribution in [2.45, 2.75) is 90.9 Å². The number of unbranched alkanes of at least 4 members (excludes halogenated alkanes) is 5. The second-order valence-electron chi connectivity index (χ2n) is 10.1. The summed E-state index contributed by atoms with van der Waals surface area (Å²) >= 11 is 0. The quantitative estimate of drug-likeness (QED) is 0.124. The van der Waals surface area contributed by atoms with Gasteiger partial charge in [0, 0.05) is 5.56 Å². The first kappa shape index (κ1) is 28.7. The molecule has 0 bridgehead atoms. The van der Waals surface area contributed by atoms with Gasteiger partial charge in [-0.25, -0.2) is 4.39 Å². The number of carbonyl (C=O) groups excluding carboxylic acids is 1. The van der Waals surface area contributed by atoms with Crippen LogP contribution in [0.1, 0.15) is 102 Å². The molecule has 0 amide bonds. The Hall–Kier alpha value is -2.87. The Kier molecular flexibility index (Phi) is 11.9. The molecule has 0 aromatic heterocycles. The maximum atomic E-state index is 14.5. The minimum atomic E-state index is -1.01. The molecular formula is C32H40F2O3. The van der Waals surface area contributed by atoms with Crippen molar-refractivity contribution >= 4 is 5.97 Å². The molecule has 2 aromatic carbocycles. The molecule has 37 heavy (non-hydrogen) atoms. The number of ether oxygens (including phenoxy) is 2. The van der Waals surface area contributed by atoms with Gasteiger partial charge >= 0.3 is 5.97 Å². The van der Waals surface area contributed by atoms with Gasteiger partial charge in [0.2, 0.25) is 5.82 Å². The van der Waals surface area contributed by atoms with E-state index in [1.54, 1.807) is 24.3 Å². The largest absolute Gasteiger partial charge is 0.490 e. The van der Waals surface area contributed by atoms with E-state index in [0.717, 1.165) is 50.9 Å². The van der Waals surface area contributed by atoms with Crippen molar-refractivity contribution in [3.63, 3.8) is 0 Å². The summed E-state index contributed by atoms with van der Waals surface area (Å²) in [4.78, 5) is 12.5. The molecule has 200 valence electrons. The zero-order valence-electron chi connectivity index (χ0n) is 22.3. The number of halogens is 2. The van der Waals surface area contributed by atoms with E-state index in [2.05, 4.69) is 25.7 Å². The summed E-state index contributed by atoms with van der Waals surface area (Å²) < 4.78 is 40.0. The first-order valence-corrected chi connectivity index (χ1v) is 14.0. The molecule has 0 unspecified atom stereocenters. The third-order valence-corrected chi connectivity index (χ3v) is 7.09. The molecule has 0 spiro atoms. The Labute approximate surface area is 221 Å². The molecule has 0 heterocycles. The van der Waals surface area contributed by atoms with Crippen LogP contribution in [0.25, 0.3) is 0 Å². The average molecular weight is 511 g/mol. The highest BCUT2D eigenvalue weighted by molar-refractivity contribution is 5.75. The first-order chi connectivity index (χ1) is 18.0. The van der Waals surface area contributed by atoms with Crippen molar-refractivity contribution in [1.29, 1.82) is 0 Å². The second-order valence-corrected chi connectivity index (χ2v) is 10.1. The van der Waals surface area contributed by atoms with E-state index >= 15 is 0 Å². The summed E-state index contributed by atoms with van der Waals surface area (Å²) in [5.74, 6) is 4.43. The van der Waals surface area contributed by atoms with Crippen LogP contribution in [-0.4, -0.2) is 12.6 Å². The maximum Gasteiger partial charge on any atom is 0.314 e. The van der Waals surface area contributed by atoms with Gasteiger partial charge in [0.05, 0.1) is 18.1 Å². The number of carbonyl (C=O) groups is 1. The Bertz CT molecular complexity index is 1040. The van der Waals surface area contributed by atoms with Crippen LogP contribution in [0.5, 0.6) is 11.5 Å². The predicted octanol–water partition coefficient (Wildman–Crippen LogP) is 8.62. The number of hydrogen-bond acceptors (Lipinski definition) is 3. The van der Waals surface area contributed by atoms with Gasteiger partial charge in [0.15, 0.2) is 11.6 Å². The van der Waals surface area contributed by atoms with Crippen LogP contribution in [0.15, 0.2) is 36.4 Å². The third kappa shape index (κ3) is 9.18. The molecule has 0 N–H and O–H groups in total. The van der Waals surface area contributed by atoms with Gasteiger partial charge in [-0.15, -0.1) is 0 Å². The summed E-state index contributed by atoms with van der Waals surface area (Å²) in [7, 11) is 0. The lowest BCUT2D eigenvalue weighted by atomic mass is 9.80. The van der Waals surface area contributed by atoms with Gasteiger partial charge in [-0.3, -0.25) is 4.79 Å². The highest BCUT2D eigenvalue weighted by Crippen LogP contribution is 2.32. The van der Waals surface area contributed by atoms with Crippen LogP contribution < -0.4 is 9.47 Å². The lowest BCUT2D eigenvalue weighted by Crippen LogP contribution is -2.25. The van der Waals surface area contributed by atoms with Crippen molar-refractivity contribution in [2.75, 3.05) is 6.61 Å². The molecule has 3 rings (SSSR count). The summed E-state index contributed by atoms with van der Waals surface area (Å²) in [6.07, 6.45) is 13.0.